The summed E-state index contributed by atoms with van der Waals surface area (Å²) in [6.45, 7) is 1.73. The number of amides is 1. The predicted molar refractivity (Wildman–Crippen MR) is 108 cm³/mol. The number of pyridine rings is 1. The molecule has 3 aromatic rings. The van der Waals surface area contributed by atoms with E-state index in [0.29, 0.717) is 11.4 Å². The number of para-hydroxylation sites is 2. The number of carbonyl (C=O) groups is 1. The summed E-state index contributed by atoms with van der Waals surface area (Å²) in [5.74, 6) is 0.564. The molecule has 0 aliphatic heterocycles. The van der Waals surface area contributed by atoms with Crippen LogP contribution in [-0.4, -0.2) is 27.0 Å². The predicted octanol–water partition coefficient (Wildman–Crippen LogP) is 3.01. The highest BCUT2D eigenvalue weighted by Gasteiger charge is 2.01. The Morgan fingerprint density at radius 2 is 2.11 bits per heavy atom. The van der Waals surface area contributed by atoms with Crippen LogP contribution in [0.4, 0.5) is 17.2 Å². The van der Waals surface area contributed by atoms with Gasteiger partial charge < -0.3 is 20.9 Å². The molecule has 27 heavy (non-hydrogen) atoms. The van der Waals surface area contributed by atoms with E-state index in [2.05, 4.69) is 20.6 Å². The van der Waals surface area contributed by atoms with Crippen LogP contribution >= 0.6 is 0 Å². The lowest BCUT2D eigenvalue weighted by molar-refractivity contribution is -0.111. The Kier molecular flexibility index (Phi) is 6.19. The van der Waals surface area contributed by atoms with Crippen molar-refractivity contribution in [3.8, 4) is 0 Å². The van der Waals surface area contributed by atoms with Gasteiger partial charge in [0.2, 0.25) is 5.91 Å². The van der Waals surface area contributed by atoms with E-state index in [4.69, 9.17) is 5.73 Å². The summed E-state index contributed by atoms with van der Waals surface area (Å²) >= 11 is 0. The van der Waals surface area contributed by atoms with Gasteiger partial charge in [-0.05, 0) is 42.3 Å². The first-order chi connectivity index (χ1) is 13.2. The first-order valence-electron chi connectivity index (χ1n) is 8.70. The molecule has 1 aromatic carbocycles. The largest absolute Gasteiger partial charge is 0.397 e. The molecule has 3 rings (SSSR count). The smallest absolute Gasteiger partial charge is 0.248 e. The minimum atomic E-state index is -0.241. The van der Waals surface area contributed by atoms with Crippen LogP contribution in [0.15, 0.2) is 67.4 Å². The lowest BCUT2D eigenvalue weighted by Gasteiger charge is -2.06. The third kappa shape index (κ3) is 5.71. The van der Waals surface area contributed by atoms with Crippen molar-refractivity contribution in [1.29, 1.82) is 0 Å². The monoisotopic (exact) mass is 362 g/mol. The Morgan fingerprint density at radius 1 is 1.22 bits per heavy atom. The minimum Gasteiger partial charge on any atom is -0.397 e. The summed E-state index contributed by atoms with van der Waals surface area (Å²) in [7, 11) is 0. The van der Waals surface area contributed by atoms with Gasteiger partial charge in [-0.25, -0.2) is 9.97 Å². The van der Waals surface area contributed by atoms with Gasteiger partial charge in [-0.15, -0.1) is 0 Å². The number of nitrogen functional groups attached to an aromatic ring is 1. The highest BCUT2D eigenvalue weighted by molar-refractivity contribution is 6.03. The zero-order chi connectivity index (χ0) is 18.9. The number of hydrogen-bond donors (Lipinski definition) is 3. The molecule has 7 heteroatoms. The van der Waals surface area contributed by atoms with Crippen LogP contribution in [0, 0.1) is 0 Å². The second-order valence-electron chi connectivity index (χ2n) is 5.97. The van der Waals surface area contributed by atoms with Crippen molar-refractivity contribution in [3.63, 3.8) is 0 Å². The second kappa shape index (κ2) is 9.19. The van der Waals surface area contributed by atoms with Crippen LogP contribution in [0.3, 0.4) is 0 Å². The molecule has 2 heterocycles. The number of hydrogen-bond acceptors (Lipinski definition) is 5. The molecule has 7 nitrogen and oxygen atoms in total. The SMILES string of the molecule is Nc1ccccc1NC(=O)C=Cc1ccc(NCCCn2ccnc2)nc1. The van der Waals surface area contributed by atoms with Crippen LogP contribution in [0.1, 0.15) is 12.0 Å². The van der Waals surface area contributed by atoms with Crippen molar-refractivity contribution < 1.29 is 4.79 Å². The van der Waals surface area contributed by atoms with E-state index in [-0.39, 0.29) is 5.91 Å². The van der Waals surface area contributed by atoms with E-state index in [9.17, 15) is 4.79 Å². The van der Waals surface area contributed by atoms with Crippen LogP contribution in [0.2, 0.25) is 0 Å². The highest BCUT2D eigenvalue weighted by atomic mass is 16.1. The maximum Gasteiger partial charge on any atom is 0.248 e. The lowest BCUT2D eigenvalue weighted by atomic mass is 10.2. The fourth-order valence-corrected chi connectivity index (χ4v) is 2.46. The molecule has 4 N–H and O–H groups in total. The third-order valence-corrected chi connectivity index (χ3v) is 3.89. The Labute approximate surface area is 158 Å². The van der Waals surface area contributed by atoms with Gasteiger partial charge in [0, 0.05) is 37.8 Å². The molecule has 1 amide bonds. The number of aromatic nitrogens is 3. The van der Waals surface area contributed by atoms with E-state index in [0.717, 1.165) is 30.9 Å². The maximum atomic E-state index is 12.0. The van der Waals surface area contributed by atoms with E-state index >= 15 is 0 Å². The molecule has 0 aliphatic carbocycles. The average Bonchev–Trinajstić information content (AvgIpc) is 3.20. The number of carbonyl (C=O) groups excluding carboxylic acids is 1. The van der Waals surface area contributed by atoms with Gasteiger partial charge in [-0.1, -0.05) is 12.1 Å². The number of rotatable bonds is 8. The van der Waals surface area contributed by atoms with Crippen LogP contribution in [0.25, 0.3) is 6.08 Å². The first kappa shape index (κ1) is 18.2. The quantitative estimate of drug-likeness (QED) is 0.325. The molecule has 0 fully saturated rings. The Hall–Kier alpha value is -3.61. The molecule has 0 atom stereocenters. The Balaban J connectivity index is 1.44. The summed E-state index contributed by atoms with van der Waals surface area (Å²) in [5.41, 5.74) is 7.78. The van der Waals surface area contributed by atoms with Crippen molar-refractivity contribution in [1.82, 2.24) is 14.5 Å². The van der Waals surface area contributed by atoms with E-state index < -0.39 is 0 Å². The molecule has 0 aliphatic rings. The summed E-state index contributed by atoms with van der Waals surface area (Å²) in [4.78, 5) is 20.4. The molecule has 0 unspecified atom stereocenters. The number of benzene rings is 1. The molecule has 138 valence electrons. The number of nitrogens with zero attached hydrogens (tertiary/aromatic N) is 3. The second-order valence-corrected chi connectivity index (χ2v) is 5.97. The summed E-state index contributed by atoms with van der Waals surface area (Å²) in [6, 6.07) is 10.9. The summed E-state index contributed by atoms with van der Waals surface area (Å²) < 4.78 is 2.04. The van der Waals surface area contributed by atoms with Crippen LogP contribution in [-0.2, 0) is 11.3 Å². The molecular weight excluding hydrogens is 340 g/mol. The molecule has 2 aromatic heterocycles. The van der Waals surface area contributed by atoms with E-state index in [1.165, 1.54) is 6.08 Å². The average molecular weight is 362 g/mol. The minimum absolute atomic E-state index is 0.241. The lowest BCUT2D eigenvalue weighted by Crippen LogP contribution is -2.09. The van der Waals surface area contributed by atoms with Crippen molar-refractivity contribution in [2.45, 2.75) is 13.0 Å². The van der Waals surface area contributed by atoms with Crippen molar-refractivity contribution in [2.24, 2.45) is 0 Å². The van der Waals surface area contributed by atoms with Gasteiger partial charge in [0.15, 0.2) is 0 Å². The first-order valence-corrected chi connectivity index (χ1v) is 8.70. The maximum absolute atomic E-state index is 12.0. The van der Waals surface area contributed by atoms with Gasteiger partial charge in [0.25, 0.3) is 0 Å². The van der Waals surface area contributed by atoms with Gasteiger partial charge >= 0.3 is 0 Å². The normalized spacial score (nSPS) is 10.8. The number of aryl methyl sites for hydroxylation is 1. The molecule has 0 radical (unpaired) electrons. The topological polar surface area (TPSA) is 97.9 Å². The molecule has 0 bridgehead atoms. The van der Waals surface area contributed by atoms with Crippen molar-refractivity contribution in [2.75, 3.05) is 22.9 Å². The van der Waals surface area contributed by atoms with Crippen molar-refractivity contribution in [3.05, 3.63) is 73.0 Å². The third-order valence-electron chi connectivity index (χ3n) is 3.89. The van der Waals surface area contributed by atoms with E-state index in [1.807, 2.05) is 41.4 Å². The zero-order valence-corrected chi connectivity index (χ0v) is 14.9. The molecular formula is C20H22N6O. The number of imidazole rings is 1. The van der Waals surface area contributed by atoms with Gasteiger partial charge in [-0.2, -0.15) is 0 Å². The number of nitrogens with one attached hydrogen (secondary N) is 2. The molecule has 0 spiro atoms. The summed E-state index contributed by atoms with van der Waals surface area (Å²) in [6.07, 6.45) is 11.4. The Bertz CT molecular complexity index is 887. The highest BCUT2D eigenvalue weighted by Crippen LogP contribution is 2.16. The number of nitrogens with two attached hydrogens (primary N) is 1. The van der Waals surface area contributed by atoms with E-state index in [1.54, 1.807) is 30.6 Å². The fourth-order valence-electron chi connectivity index (χ4n) is 2.46. The van der Waals surface area contributed by atoms with Crippen molar-refractivity contribution >= 4 is 29.2 Å². The van der Waals surface area contributed by atoms with Gasteiger partial charge in [-0.3, -0.25) is 4.79 Å². The van der Waals surface area contributed by atoms with Crippen LogP contribution < -0.4 is 16.4 Å². The van der Waals surface area contributed by atoms with Gasteiger partial charge in [0.05, 0.1) is 17.7 Å². The van der Waals surface area contributed by atoms with Crippen LogP contribution in [0.5, 0.6) is 0 Å². The number of anilines is 3. The zero-order valence-electron chi connectivity index (χ0n) is 14.9. The standard InChI is InChI=1S/C20H22N6O/c21-17-4-1-2-5-18(17)25-20(27)9-7-16-6-8-19(24-14-16)23-10-3-12-26-13-11-22-15-26/h1-2,4-9,11,13-15H,3,10,12,21H2,(H,23,24)(H,25,27). The molecule has 0 saturated carbocycles. The van der Waals surface area contributed by atoms with Gasteiger partial charge in [0.1, 0.15) is 5.82 Å². The Morgan fingerprint density at radius 3 is 2.85 bits per heavy atom. The fraction of sp³-hybridized carbons (Fsp3) is 0.150. The summed E-state index contributed by atoms with van der Waals surface area (Å²) in [5, 5.41) is 6.02. The molecule has 0 saturated heterocycles.